The van der Waals surface area contributed by atoms with Gasteiger partial charge in [-0.05, 0) is 31.5 Å². The highest BCUT2D eigenvalue weighted by Crippen LogP contribution is 2.55. The number of amides is 2. The number of nitrogens with zero attached hydrogens (tertiary/aromatic N) is 1. The maximum absolute atomic E-state index is 14.4. The normalized spacial score (nSPS) is 24.7. The molecule has 3 N–H and O–H groups in total. The zero-order chi connectivity index (χ0) is 25.6. The maximum atomic E-state index is 14.4. The van der Waals surface area contributed by atoms with Gasteiger partial charge >= 0.3 is 6.18 Å². The molecule has 1 saturated heterocycles. The fraction of sp³-hybridized carbons (Fsp3) is 0.409. The summed E-state index contributed by atoms with van der Waals surface area (Å²) in [6.45, 7) is 3.53. The Kier molecular flexibility index (Phi) is 6.57. The molecule has 0 saturated carbocycles. The van der Waals surface area contributed by atoms with Gasteiger partial charge in [0.2, 0.25) is 5.82 Å². The Bertz CT molecular complexity index is 1140. The van der Waals surface area contributed by atoms with Gasteiger partial charge in [0.05, 0.1) is 7.11 Å². The molecule has 0 spiro atoms. The summed E-state index contributed by atoms with van der Waals surface area (Å²) in [4.78, 5) is 28.4. The Morgan fingerprint density at radius 3 is 2.47 bits per heavy atom. The van der Waals surface area contributed by atoms with E-state index in [0.29, 0.717) is 5.56 Å². The molecular weight excluding hydrogens is 465 g/mol. The van der Waals surface area contributed by atoms with Gasteiger partial charge in [-0.25, -0.2) is 4.39 Å². The molecule has 1 aromatic carbocycles. The second kappa shape index (κ2) is 8.82. The predicted molar refractivity (Wildman–Crippen MR) is 110 cm³/mol. The summed E-state index contributed by atoms with van der Waals surface area (Å²) in [7, 11) is 1.03. The molecule has 1 aromatic heterocycles. The molecule has 0 radical (unpaired) electrons. The van der Waals surface area contributed by atoms with Crippen molar-refractivity contribution in [1.82, 2.24) is 4.98 Å². The lowest BCUT2D eigenvalue weighted by Gasteiger charge is -2.32. The van der Waals surface area contributed by atoms with Crippen molar-refractivity contribution in [3.63, 3.8) is 0 Å². The van der Waals surface area contributed by atoms with E-state index < -0.39 is 58.9 Å². The zero-order valence-electron chi connectivity index (χ0n) is 18.6. The quantitative estimate of drug-likeness (QED) is 0.624. The monoisotopic (exact) mass is 487 g/mol. The fourth-order valence-electron chi connectivity index (χ4n) is 4.04. The number of alkyl halides is 3. The first-order valence-corrected chi connectivity index (χ1v) is 10.1. The van der Waals surface area contributed by atoms with Crippen molar-refractivity contribution in [1.29, 1.82) is 0 Å². The molecule has 4 atom stereocenters. The van der Waals surface area contributed by atoms with Crippen LogP contribution in [0.4, 0.5) is 27.6 Å². The molecule has 1 aliphatic rings. The number of methoxy groups -OCH3 is 1. The van der Waals surface area contributed by atoms with E-state index >= 15 is 0 Å². The van der Waals surface area contributed by atoms with Gasteiger partial charge in [-0.15, -0.1) is 0 Å². The molecule has 1 aliphatic heterocycles. The van der Waals surface area contributed by atoms with Crippen LogP contribution in [0.5, 0.6) is 5.75 Å². The number of anilines is 1. The average molecular weight is 487 g/mol. The SMILES string of the molecule is COc1c([C@@H]2[C@H](C(=O)Nc3cc(C(N)=O)ncc3C)O[C@](C)(C(F)(F)F)[C@H]2C)ccc(F)c1F. The third kappa shape index (κ3) is 4.17. The topological polar surface area (TPSA) is 104 Å². The van der Waals surface area contributed by atoms with Crippen LogP contribution in [0, 0.1) is 24.5 Å². The Morgan fingerprint density at radius 1 is 1.26 bits per heavy atom. The summed E-state index contributed by atoms with van der Waals surface area (Å²) >= 11 is 0. The van der Waals surface area contributed by atoms with Crippen LogP contribution in [0.1, 0.15) is 41.4 Å². The first-order valence-electron chi connectivity index (χ1n) is 10.1. The number of ether oxygens (including phenoxy) is 2. The lowest BCUT2D eigenvalue weighted by molar-refractivity contribution is -0.272. The van der Waals surface area contributed by atoms with Crippen molar-refractivity contribution >= 4 is 17.5 Å². The third-order valence-electron chi connectivity index (χ3n) is 6.18. The van der Waals surface area contributed by atoms with E-state index in [2.05, 4.69) is 10.3 Å². The number of benzene rings is 1. The molecule has 0 bridgehead atoms. The Labute approximate surface area is 191 Å². The van der Waals surface area contributed by atoms with Gasteiger partial charge in [-0.3, -0.25) is 14.6 Å². The van der Waals surface area contributed by atoms with E-state index in [1.54, 1.807) is 6.92 Å². The van der Waals surface area contributed by atoms with Crippen molar-refractivity contribution in [3.05, 3.63) is 52.9 Å². The molecule has 0 aliphatic carbocycles. The molecule has 3 rings (SSSR count). The Balaban J connectivity index is 2.10. The average Bonchev–Trinajstić information content (AvgIpc) is 3.03. The summed E-state index contributed by atoms with van der Waals surface area (Å²) in [6, 6.07) is 2.97. The summed E-state index contributed by atoms with van der Waals surface area (Å²) < 4.78 is 80.4. The highest BCUT2D eigenvalue weighted by molar-refractivity contribution is 5.98. The van der Waals surface area contributed by atoms with Gasteiger partial charge in [0.25, 0.3) is 11.8 Å². The van der Waals surface area contributed by atoms with Crippen LogP contribution in [-0.2, 0) is 9.53 Å². The molecule has 2 aromatic rings. The highest BCUT2D eigenvalue weighted by atomic mass is 19.4. The van der Waals surface area contributed by atoms with Crippen LogP contribution in [0.25, 0.3) is 0 Å². The number of carbonyl (C=O) groups excluding carboxylic acids is 2. The summed E-state index contributed by atoms with van der Waals surface area (Å²) in [5, 5.41) is 2.43. The number of pyridine rings is 1. The fourth-order valence-corrected chi connectivity index (χ4v) is 4.04. The molecule has 7 nitrogen and oxygen atoms in total. The molecular formula is C22H22F5N3O4. The molecule has 1 fully saturated rings. The molecule has 12 heteroatoms. The number of nitrogens with one attached hydrogen (secondary N) is 1. The van der Waals surface area contributed by atoms with Gasteiger partial charge < -0.3 is 20.5 Å². The van der Waals surface area contributed by atoms with Gasteiger partial charge in [-0.1, -0.05) is 13.0 Å². The minimum Gasteiger partial charge on any atom is -0.493 e. The maximum Gasteiger partial charge on any atom is 0.417 e. The van der Waals surface area contributed by atoms with Crippen molar-refractivity contribution in [2.75, 3.05) is 12.4 Å². The van der Waals surface area contributed by atoms with Crippen molar-refractivity contribution in [2.45, 2.75) is 44.6 Å². The van der Waals surface area contributed by atoms with Gasteiger partial charge in [-0.2, -0.15) is 17.6 Å². The van der Waals surface area contributed by atoms with E-state index in [4.69, 9.17) is 15.2 Å². The Hall–Kier alpha value is -3.28. The zero-order valence-corrected chi connectivity index (χ0v) is 18.6. The van der Waals surface area contributed by atoms with E-state index in [1.165, 1.54) is 19.2 Å². The predicted octanol–water partition coefficient (Wildman–Crippen LogP) is 3.85. The van der Waals surface area contributed by atoms with Gasteiger partial charge in [0.15, 0.2) is 17.2 Å². The van der Waals surface area contributed by atoms with Crippen molar-refractivity contribution in [2.24, 2.45) is 11.7 Å². The van der Waals surface area contributed by atoms with Crippen molar-refractivity contribution < 1.29 is 41.0 Å². The number of hydrogen-bond acceptors (Lipinski definition) is 5. The lowest BCUT2D eigenvalue weighted by Crippen LogP contribution is -2.47. The minimum atomic E-state index is -4.89. The first-order chi connectivity index (χ1) is 15.7. The van der Waals surface area contributed by atoms with Gasteiger partial charge in [0, 0.05) is 29.3 Å². The molecule has 184 valence electrons. The van der Waals surface area contributed by atoms with Crippen LogP contribution < -0.4 is 15.8 Å². The van der Waals surface area contributed by atoms with Crippen molar-refractivity contribution in [3.8, 4) is 5.75 Å². The highest BCUT2D eigenvalue weighted by Gasteiger charge is 2.65. The number of rotatable bonds is 5. The lowest BCUT2D eigenvalue weighted by atomic mass is 9.77. The summed E-state index contributed by atoms with van der Waals surface area (Å²) in [5.41, 5.74) is 2.53. The Morgan fingerprint density at radius 2 is 1.91 bits per heavy atom. The first kappa shape index (κ1) is 25.3. The standard InChI is InChI=1S/C22H22F5N3O4/c1-9-8-29-14(19(28)31)7-13(9)30-20(32)18-15(10(2)21(3,34-18)22(25,26)27)11-5-6-12(23)16(24)17(11)33-4/h5-8,10,15,18H,1-4H3,(H2,28,31)(H,29,30,32)/t10-,15+,18+,21-/m0/s1. The smallest absolute Gasteiger partial charge is 0.417 e. The van der Waals surface area contributed by atoms with E-state index in [0.717, 1.165) is 26.2 Å². The second-order valence-corrected chi connectivity index (χ2v) is 8.18. The van der Waals surface area contributed by atoms with Crippen LogP contribution in [0.3, 0.4) is 0 Å². The third-order valence-corrected chi connectivity index (χ3v) is 6.18. The molecule has 2 amide bonds. The van der Waals surface area contributed by atoms with E-state index in [-0.39, 0.29) is 16.9 Å². The minimum absolute atomic E-state index is 0.0710. The second-order valence-electron chi connectivity index (χ2n) is 8.18. The van der Waals surface area contributed by atoms with Gasteiger partial charge in [0.1, 0.15) is 11.8 Å². The largest absolute Gasteiger partial charge is 0.493 e. The summed E-state index contributed by atoms with van der Waals surface area (Å²) in [5.74, 6) is -7.94. The van der Waals surface area contributed by atoms with Crippen LogP contribution >= 0.6 is 0 Å². The van der Waals surface area contributed by atoms with E-state index in [9.17, 15) is 31.5 Å². The number of aryl methyl sites for hydroxylation is 1. The number of carbonyl (C=O) groups is 2. The van der Waals surface area contributed by atoms with Crippen LogP contribution in [0.2, 0.25) is 0 Å². The molecule has 34 heavy (non-hydrogen) atoms. The molecule has 0 unspecified atom stereocenters. The van der Waals surface area contributed by atoms with Crippen LogP contribution in [-0.4, -0.2) is 41.8 Å². The summed E-state index contributed by atoms with van der Waals surface area (Å²) in [6.07, 6.45) is -5.41. The number of halogens is 5. The number of primary amides is 1. The molecule has 2 heterocycles. The van der Waals surface area contributed by atoms with E-state index in [1.807, 2.05) is 0 Å². The van der Waals surface area contributed by atoms with Crippen LogP contribution in [0.15, 0.2) is 24.4 Å². The number of aromatic nitrogens is 1. The number of nitrogens with two attached hydrogens (primary N) is 1. The number of hydrogen-bond donors (Lipinski definition) is 2.